The average Bonchev–Trinajstić information content (AvgIpc) is 3.45. The first kappa shape index (κ1) is 25.9. The summed E-state index contributed by atoms with van der Waals surface area (Å²) in [6.45, 7) is 1.69. The summed E-state index contributed by atoms with van der Waals surface area (Å²) in [5.74, 6) is -1.26. The lowest BCUT2D eigenvalue weighted by molar-refractivity contribution is -0.384. The summed E-state index contributed by atoms with van der Waals surface area (Å²) < 4.78 is 34.4. The van der Waals surface area contributed by atoms with Crippen molar-refractivity contribution in [1.29, 1.82) is 0 Å². The number of aromatic nitrogens is 1. The van der Waals surface area contributed by atoms with Crippen LogP contribution in [-0.2, 0) is 30.9 Å². The summed E-state index contributed by atoms with van der Waals surface area (Å²) in [6, 6.07) is 8.74. The Kier molecular flexibility index (Phi) is 7.54. The number of hydrogen-bond acceptors (Lipinski definition) is 8. The van der Waals surface area contributed by atoms with Crippen LogP contribution in [0.15, 0.2) is 52.4 Å². The fourth-order valence-electron chi connectivity index (χ4n) is 3.93. The van der Waals surface area contributed by atoms with Gasteiger partial charge in [-0.3, -0.25) is 19.7 Å². The average molecular weight is 553 g/mol. The highest BCUT2D eigenvalue weighted by Gasteiger charge is 2.39. The molecule has 1 aromatic heterocycles. The number of fused-ring (bicyclic) bond motifs is 1. The van der Waals surface area contributed by atoms with Crippen LogP contribution in [0.2, 0.25) is 5.02 Å². The second-order valence-electron chi connectivity index (χ2n) is 7.86. The zero-order chi connectivity index (χ0) is 26.0. The molecule has 0 spiro atoms. The number of non-ortho nitro benzene ring substituents is 1. The van der Waals surface area contributed by atoms with Crippen LogP contribution >= 0.6 is 22.9 Å². The number of hydrogen-bond donors (Lipinski definition) is 0. The third-order valence-corrected chi connectivity index (χ3v) is 8.80. The Labute approximate surface area is 214 Å². The van der Waals surface area contributed by atoms with Crippen molar-refractivity contribution in [3.63, 3.8) is 0 Å². The van der Waals surface area contributed by atoms with Crippen LogP contribution in [0.4, 0.5) is 5.69 Å². The minimum atomic E-state index is -3.98. The molecule has 0 N–H and O–H groups in total. The number of benzene rings is 2. The molecule has 36 heavy (non-hydrogen) atoms. The maximum Gasteiger partial charge on any atom is 0.326 e. The standard InChI is InChI=1S/C22H21ClN4O7S2/c1-2-34-20(28)13-25-17-10-7-15(27(30)31)12-19(17)35-22(25)24-21(29)18-4-3-11-26(18)36(32,33)16-8-5-14(23)6-9-16/h5-10,12,18H,2-4,11,13H2,1H3. The number of sulfonamides is 1. The second-order valence-corrected chi connectivity index (χ2v) is 11.2. The Morgan fingerprint density at radius 1 is 1.25 bits per heavy atom. The summed E-state index contributed by atoms with van der Waals surface area (Å²) in [4.78, 5) is 40.4. The molecule has 1 unspecified atom stereocenters. The van der Waals surface area contributed by atoms with Crippen molar-refractivity contribution >= 4 is 60.7 Å². The van der Waals surface area contributed by atoms with E-state index in [0.717, 1.165) is 15.6 Å². The number of esters is 1. The molecule has 0 radical (unpaired) electrons. The number of amides is 1. The molecule has 1 amide bonds. The van der Waals surface area contributed by atoms with E-state index in [2.05, 4.69) is 4.99 Å². The van der Waals surface area contributed by atoms with E-state index in [1.807, 2.05) is 0 Å². The van der Waals surface area contributed by atoms with E-state index in [9.17, 15) is 28.1 Å². The van der Waals surface area contributed by atoms with Gasteiger partial charge in [0.1, 0.15) is 12.6 Å². The Bertz CT molecular complexity index is 1510. The smallest absolute Gasteiger partial charge is 0.326 e. The van der Waals surface area contributed by atoms with Crippen LogP contribution in [0.1, 0.15) is 19.8 Å². The maximum atomic E-state index is 13.2. The summed E-state index contributed by atoms with van der Waals surface area (Å²) in [7, 11) is -3.98. The fourth-order valence-corrected chi connectivity index (χ4v) is 6.78. The molecule has 14 heteroatoms. The van der Waals surface area contributed by atoms with E-state index >= 15 is 0 Å². The van der Waals surface area contributed by atoms with Crippen LogP contribution < -0.4 is 4.80 Å². The number of nitro groups is 1. The zero-order valence-electron chi connectivity index (χ0n) is 19.0. The fraction of sp³-hybridized carbons (Fsp3) is 0.318. The van der Waals surface area contributed by atoms with Crippen LogP contribution in [0.3, 0.4) is 0 Å². The first-order valence-corrected chi connectivity index (χ1v) is 13.5. The predicted molar refractivity (Wildman–Crippen MR) is 132 cm³/mol. The first-order valence-electron chi connectivity index (χ1n) is 10.9. The molecule has 1 fully saturated rings. The topological polar surface area (TPSA) is 141 Å². The molecular formula is C22H21ClN4O7S2. The van der Waals surface area contributed by atoms with Crippen molar-refractivity contribution < 1.29 is 27.7 Å². The summed E-state index contributed by atoms with van der Waals surface area (Å²) in [5.41, 5.74) is 0.309. The molecule has 4 rings (SSSR count). The van der Waals surface area contributed by atoms with Crippen molar-refractivity contribution in [2.75, 3.05) is 13.2 Å². The van der Waals surface area contributed by atoms with Crippen molar-refractivity contribution in [1.82, 2.24) is 8.87 Å². The molecule has 190 valence electrons. The highest BCUT2D eigenvalue weighted by atomic mass is 35.5. The molecular weight excluding hydrogens is 532 g/mol. The molecule has 1 aliphatic heterocycles. The van der Waals surface area contributed by atoms with Gasteiger partial charge >= 0.3 is 5.97 Å². The number of rotatable bonds is 7. The second kappa shape index (κ2) is 10.5. The Morgan fingerprint density at radius 3 is 2.64 bits per heavy atom. The minimum absolute atomic E-state index is 0.0122. The van der Waals surface area contributed by atoms with Gasteiger partial charge in [0.2, 0.25) is 10.0 Å². The van der Waals surface area contributed by atoms with Crippen molar-refractivity contribution in [2.45, 2.75) is 37.2 Å². The lowest BCUT2D eigenvalue weighted by atomic mass is 10.2. The third-order valence-electron chi connectivity index (χ3n) is 5.58. The van der Waals surface area contributed by atoms with Gasteiger partial charge in [0.05, 0.1) is 26.6 Å². The van der Waals surface area contributed by atoms with Gasteiger partial charge < -0.3 is 9.30 Å². The molecule has 1 atom stereocenters. The molecule has 1 saturated heterocycles. The van der Waals surface area contributed by atoms with Crippen LogP contribution in [0, 0.1) is 10.1 Å². The molecule has 0 saturated carbocycles. The largest absolute Gasteiger partial charge is 0.465 e. The lowest BCUT2D eigenvalue weighted by Crippen LogP contribution is -2.40. The predicted octanol–water partition coefficient (Wildman–Crippen LogP) is 3.11. The van der Waals surface area contributed by atoms with E-state index in [0.29, 0.717) is 21.7 Å². The highest BCUT2D eigenvalue weighted by Crippen LogP contribution is 2.28. The summed E-state index contributed by atoms with van der Waals surface area (Å²) >= 11 is 6.86. The Balaban J connectivity index is 1.74. The van der Waals surface area contributed by atoms with E-state index in [1.165, 1.54) is 47.0 Å². The number of carbonyl (C=O) groups is 2. The van der Waals surface area contributed by atoms with Crippen molar-refractivity contribution in [2.24, 2.45) is 4.99 Å². The van der Waals surface area contributed by atoms with Crippen LogP contribution in [-0.4, -0.2) is 53.3 Å². The van der Waals surface area contributed by atoms with Crippen LogP contribution in [0.5, 0.6) is 0 Å². The van der Waals surface area contributed by atoms with Crippen molar-refractivity contribution in [3.05, 3.63) is 62.4 Å². The van der Waals surface area contributed by atoms with Gasteiger partial charge in [-0.2, -0.15) is 9.30 Å². The van der Waals surface area contributed by atoms with Gasteiger partial charge in [-0.25, -0.2) is 8.42 Å². The van der Waals surface area contributed by atoms with Gasteiger partial charge in [-0.1, -0.05) is 22.9 Å². The van der Waals surface area contributed by atoms with Gasteiger partial charge in [0.25, 0.3) is 11.6 Å². The molecule has 3 aromatic rings. The molecule has 1 aliphatic rings. The SMILES string of the molecule is CCOC(=O)Cn1c(=NC(=O)C2CCCN2S(=O)(=O)c2ccc(Cl)cc2)sc2cc([N+](=O)[O-])ccc21. The minimum Gasteiger partial charge on any atom is -0.465 e. The van der Waals surface area contributed by atoms with Gasteiger partial charge in [0.15, 0.2) is 4.80 Å². The molecule has 11 nitrogen and oxygen atoms in total. The number of ether oxygens (including phenoxy) is 1. The van der Waals surface area contributed by atoms with E-state index < -0.39 is 32.9 Å². The van der Waals surface area contributed by atoms with E-state index in [1.54, 1.807) is 6.92 Å². The third kappa shape index (κ3) is 5.19. The van der Waals surface area contributed by atoms with Crippen molar-refractivity contribution in [3.8, 4) is 0 Å². The van der Waals surface area contributed by atoms with Gasteiger partial charge in [-0.05, 0) is 50.1 Å². The van der Waals surface area contributed by atoms with Gasteiger partial charge in [-0.15, -0.1) is 0 Å². The number of thiazole rings is 1. The quantitative estimate of drug-likeness (QED) is 0.249. The normalized spacial score (nSPS) is 16.9. The number of nitrogens with zero attached hydrogens (tertiary/aromatic N) is 4. The number of nitro benzene ring substituents is 1. The Hall–Kier alpha value is -3.13. The lowest BCUT2D eigenvalue weighted by Gasteiger charge is -2.21. The zero-order valence-corrected chi connectivity index (χ0v) is 21.4. The highest BCUT2D eigenvalue weighted by molar-refractivity contribution is 7.89. The summed E-state index contributed by atoms with van der Waals surface area (Å²) in [6.07, 6.45) is 0.754. The first-order chi connectivity index (χ1) is 17.1. The molecule has 0 bridgehead atoms. The van der Waals surface area contributed by atoms with E-state index in [-0.39, 0.29) is 41.5 Å². The Morgan fingerprint density at radius 2 is 1.97 bits per heavy atom. The monoisotopic (exact) mass is 552 g/mol. The van der Waals surface area contributed by atoms with Gasteiger partial charge in [0, 0.05) is 23.7 Å². The maximum absolute atomic E-state index is 13.2. The molecule has 0 aliphatic carbocycles. The molecule has 2 heterocycles. The number of halogens is 1. The summed E-state index contributed by atoms with van der Waals surface area (Å²) in [5, 5.41) is 11.6. The molecule has 2 aromatic carbocycles. The van der Waals surface area contributed by atoms with Crippen LogP contribution in [0.25, 0.3) is 10.2 Å². The number of carbonyl (C=O) groups excluding carboxylic acids is 2. The van der Waals surface area contributed by atoms with E-state index in [4.69, 9.17) is 16.3 Å².